The molecule has 1 atom stereocenters. The molecule has 1 fully saturated rings. The van der Waals surface area contributed by atoms with Gasteiger partial charge in [-0.05, 0) is 32.0 Å². The van der Waals surface area contributed by atoms with Crippen molar-refractivity contribution in [1.29, 1.82) is 0 Å². The Morgan fingerprint density at radius 1 is 1.45 bits per heavy atom. The highest BCUT2D eigenvalue weighted by atomic mass is 19.4. The summed E-state index contributed by atoms with van der Waals surface area (Å²) in [6.07, 6.45) is -4.05. The van der Waals surface area contributed by atoms with Crippen molar-refractivity contribution in [3.63, 3.8) is 0 Å². The summed E-state index contributed by atoms with van der Waals surface area (Å²) < 4.78 is 40.2. The predicted molar refractivity (Wildman–Crippen MR) is 67.3 cm³/mol. The van der Waals surface area contributed by atoms with Crippen molar-refractivity contribution in [2.45, 2.75) is 19.7 Å². The number of hydrogen-bond acceptors (Lipinski definition) is 3. The number of rotatable bonds is 3. The number of amides is 1. The topological polar surface area (TPSA) is 50.4 Å². The summed E-state index contributed by atoms with van der Waals surface area (Å²) >= 11 is 0. The zero-order chi connectivity index (χ0) is 14.8. The highest BCUT2D eigenvalue weighted by molar-refractivity contribution is 5.95. The van der Waals surface area contributed by atoms with Gasteiger partial charge in [0, 0.05) is 18.3 Å². The maximum Gasteiger partial charge on any atom is 0.573 e. The third-order valence-corrected chi connectivity index (χ3v) is 3.24. The minimum Gasteiger partial charge on any atom is -0.406 e. The molecule has 1 aliphatic rings. The Kier molecular flexibility index (Phi) is 3.89. The molecule has 20 heavy (non-hydrogen) atoms. The third kappa shape index (κ3) is 3.63. The first-order valence-corrected chi connectivity index (χ1v) is 6.16. The summed E-state index contributed by atoms with van der Waals surface area (Å²) in [5.74, 6) is -0.573. The smallest absolute Gasteiger partial charge is 0.406 e. The van der Waals surface area contributed by atoms with E-state index in [0.717, 1.165) is 12.6 Å². The molecule has 0 aromatic heterocycles. The van der Waals surface area contributed by atoms with Crippen LogP contribution in [0.3, 0.4) is 0 Å². The lowest BCUT2D eigenvalue weighted by Gasteiger charge is -2.21. The van der Waals surface area contributed by atoms with E-state index in [1.54, 1.807) is 0 Å². The van der Waals surface area contributed by atoms with Crippen molar-refractivity contribution in [2.75, 3.05) is 18.4 Å². The Labute approximate surface area is 114 Å². The van der Waals surface area contributed by atoms with E-state index in [2.05, 4.69) is 15.4 Å². The van der Waals surface area contributed by atoms with Crippen LogP contribution in [0.1, 0.15) is 13.3 Å². The van der Waals surface area contributed by atoms with Crippen LogP contribution in [0.15, 0.2) is 24.3 Å². The van der Waals surface area contributed by atoms with Crippen LogP contribution < -0.4 is 15.4 Å². The van der Waals surface area contributed by atoms with Crippen LogP contribution in [0.2, 0.25) is 0 Å². The maximum atomic E-state index is 12.1. The molecule has 1 saturated heterocycles. The Morgan fingerprint density at radius 3 is 2.80 bits per heavy atom. The average molecular weight is 288 g/mol. The SMILES string of the molecule is CC1(C(=O)Nc2cccc(OC(F)(F)F)c2)CCNC1. The molecule has 110 valence electrons. The van der Waals surface area contributed by atoms with Crippen LogP contribution in [0, 0.1) is 5.41 Å². The Bertz CT molecular complexity index is 497. The molecule has 2 rings (SSSR count). The number of halogens is 3. The van der Waals surface area contributed by atoms with Crippen molar-refractivity contribution in [3.8, 4) is 5.75 Å². The van der Waals surface area contributed by atoms with Crippen LogP contribution in [0.25, 0.3) is 0 Å². The van der Waals surface area contributed by atoms with Gasteiger partial charge in [0.15, 0.2) is 0 Å². The monoisotopic (exact) mass is 288 g/mol. The molecular weight excluding hydrogens is 273 g/mol. The number of carbonyl (C=O) groups is 1. The van der Waals surface area contributed by atoms with E-state index < -0.39 is 11.8 Å². The molecule has 1 aromatic rings. The fourth-order valence-corrected chi connectivity index (χ4v) is 2.06. The van der Waals surface area contributed by atoms with E-state index in [1.165, 1.54) is 18.2 Å². The highest BCUT2D eigenvalue weighted by Crippen LogP contribution is 2.28. The summed E-state index contributed by atoms with van der Waals surface area (Å²) in [6.45, 7) is 3.12. The number of carbonyl (C=O) groups excluding carboxylic acids is 1. The van der Waals surface area contributed by atoms with Crippen molar-refractivity contribution >= 4 is 11.6 Å². The van der Waals surface area contributed by atoms with Gasteiger partial charge in [-0.15, -0.1) is 13.2 Å². The number of alkyl halides is 3. The quantitative estimate of drug-likeness (QED) is 0.898. The summed E-state index contributed by atoms with van der Waals surface area (Å²) in [4.78, 5) is 12.1. The normalized spacial score (nSPS) is 22.6. The molecule has 0 radical (unpaired) electrons. The Hall–Kier alpha value is -1.76. The van der Waals surface area contributed by atoms with E-state index >= 15 is 0 Å². The second-order valence-electron chi connectivity index (χ2n) is 5.02. The number of benzene rings is 1. The van der Waals surface area contributed by atoms with E-state index in [-0.39, 0.29) is 17.3 Å². The molecule has 1 heterocycles. The molecule has 1 unspecified atom stereocenters. The predicted octanol–water partition coefficient (Wildman–Crippen LogP) is 2.52. The Balaban J connectivity index is 2.06. The molecule has 1 aliphatic heterocycles. The van der Waals surface area contributed by atoms with Gasteiger partial charge >= 0.3 is 6.36 Å². The van der Waals surface area contributed by atoms with Gasteiger partial charge < -0.3 is 15.4 Å². The summed E-state index contributed by atoms with van der Waals surface area (Å²) in [7, 11) is 0. The van der Waals surface area contributed by atoms with E-state index in [1.807, 2.05) is 6.92 Å². The Morgan fingerprint density at radius 2 is 2.20 bits per heavy atom. The molecule has 1 amide bonds. The first-order chi connectivity index (χ1) is 9.28. The van der Waals surface area contributed by atoms with Gasteiger partial charge in [-0.1, -0.05) is 6.07 Å². The van der Waals surface area contributed by atoms with Gasteiger partial charge in [0.25, 0.3) is 0 Å². The van der Waals surface area contributed by atoms with Gasteiger partial charge in [0.1, 0.15) is 5.75 Å². The van der Waals surface area contributed by atoms with Gasteiger partial charge in [-0.25, -0.2) is 0 Å². The zero-order valence-corrected chi connectivity index (χ0v) is 10.9. The van der Waals surface area contributed by atoms with Crippen molar-refractivity contribution in [3.05, 3.63) is 24.3 Å². The largest absolute Gasteiger partial charge is 0.573 e. The standard InChI is InChI=1S/C13H15F3N2O2/c1-12(5-6-17-8-12)11(19)18-9-3-2-4-10(7-9)20-13(14,15)16/h2-4,7,17H,5-6,8H2,1H3,(H,18,19). The van der Waals surface area contributed by atoms with E-state index in [0.29, 0.717) is 13.0 Å². The lowest BCUT2D eigenvalue weighted by Crippen LogP contribution is -2.35. The minimum absolute atomic E-state index is 0.216. The van der Waals surface area contributed by atoms with Crippen molar-refractivity contribution in [1.82, 2.24) is 5.32 Å². The second-order valence-corrected chi connectivity index (χ2v) is 5.02. The second kappa shape index (κ2) is 5.32. The van der Waals surface area contributed by atoms with Crippen LogP contribution >= 0.6 is 0 Å². The fraction of sp³-hybridized carbons (Fsp3) is 0.462. The molecule has 0 spiro atoms. The van der Waals surface area contributed by atoms with Gasteiger partial charge in [0.05, 0.1) is 5.41 Å². The van der Waals surface area contributed by atoms with Crippen LogP contribution in [0.5, 0.6) is 5.75 Å². The van der Waals surface area contributed by atoms with Crippen LogP contribution in [-0.4, -0.2) is 25.4 Å². The van der Waals surface area contributed by atoms with Crippen molar-refractivity contribution < 1.29 is 22.7 Å². The molecule has 2 N–H and O–H groups in total. The molecule has 0 saturated carbocycles. The number of nitrogens with one attached hydrogen (secondary N) is 2. The lowest BCUT2D eigenvalue weighted by molar-refractivity contribution is -0.274. The lowest BCUT2D eigenvalue weighted by atomic mass is 9.89. The van der Waals surface area contributed by atoms with Gasteiger partial charge in [-0.2, -0.15) is 0 Å². The van der Waals surface area contributed by atoms with Crippen molar-refractivity contribution in [2.24, 2.45) is 5.41 Å². The van der Waals surface area contributed by atoms with Gasteiger partial charge in [0.2, 0.25) is 5.91 Å². The average Bonchev–Trinajstić information content (AvgIpc) is 2.76. The highest BCUT2D eigenvalue weighted by Gasteiger charge is 2.36. The summed E-state index contributed by atoms with van der Waals surface area (Å²) in [5.41, 5.74) is -0.258. The molecule has 4 nitrogen and oxygen atoms in total. The third-order valence-electron chi connectivity index (χ3n) is 3.24. The van der Waals surface area contributed by atoms with Crippen LogP contribution in [-0.2, 0) is 4.79 Å². The molecule has 0 bridgehead atoms. The molecular formula is C13H15F3N2O2. The van der Waals surface area contributed by atoms with E-state index in [9.17, 15) is 18.0 Å². The molecule has 1 aromatic carbocycles. The van der Waals surface area contributed by atoms with Crippen LogP contribution in [0.4, 0.5) is 18.9 Å². The summed E-state index contributed by atoms with van der Waals surface area (Å²) in [5, 5.41) is 5.71. The zero-order valence-electron chi connectivity index (χ0n) is 10.9. The number of hydrogen-bond donors (Lipinski definition) is 2. The first-order valence-electron chi connectivity index (χ1n) is 6.16. The van der Waals surface area contributed by atoms with E-state index in [4.69, 9.17) is 0 Å². The fourth-order valence-electron chi connectivity index (χ4n) is 2.06. The maximum absolute atomic E-state index is 12.1. The minimum atomic E-state index is -4.75. The molecule has 7 heteroatoms. The number of anilines is 1. The molecule has 0 aliphatic carbocycles. The first kappa shape index (κ1) is 14.6. The summed E-state index contributed by atoms with van der Waals surface area (Å²) in [6, 6.07) is 5.25. The van der Waals surface area contributed by atoms with Gasteiger partial charge in [-0.3, -0.25) is 4.79 Å². The number of ether oxygens (including phenoxy) is 1.